The number of aryl methyl sites for hydroxylation is 2. The molecule has 1 amide bonds. The Kier molecular flexibility index (Phi) is 9.53. The largest absolute Gasteiger partial charge is 0.507 e. The average molecular weight is 691 g/mol. The average Bonchev–Trinajstić information content (AvgIpc) is 3.06. The van der Waals surface area contributed by atoms with Gasteiger partial charge >= 0.3 is 0 Å². The summed E-state index contributed by atoms with van der Waals surface area (Å²) in [6.07, 6.45) is -0.863. The molecule has 2 saturated carbocycles. The third-order valence-corrected chi connectivity index (χ3v) is 11.7. The van der Waals surface area contributed by atoms with Crippen LogP contribution in [0.3, 0.4) is 0 Å². The maximum Gasteiger partial charge on any atom is 0.235 e. The Balaban J connectivity index is 1.30. The van der Waals surface area contributed by atoms with Gasteiger partial charge in [0, 0.05) is 44.5 Å². The number of carbonyl (C=O) groups excluding carboxylic acids is 5. The fourth-order valence-corrected chi connectivity index (χ4v) is 8.92. The Hall–Kier alpha value is -3.97. The van der Waals surface area contributed by atoms with Crippen molar-refractivity contribution < 1.29 is 49.1 Å². The first kappa shape index (κ1) is 35.8. The van der Waals surface area contributed by atoms with Crippen LogP contribution in [0.5, 0.6) is 5.75 Å². The smallest absolute Gasteiger partial charge is 0.235 e. The second-order valence-corrected chi connectivity index (χ2v) is 14.8. The van der Waals surface area contributed by atoms with Gasteiger partial charge in [-0.05, 0) is 66.3 Å². The van der Waals surface area contributed by atoms with E-state index in [-0.39, 0.29) is 42.6 Å². The van der Waals surface area contributed by atoms with Gasteiger partial charge in [0.05, 0.1) is 35.9 Å². The van der Waals surface area contributed by atoms with Gasteiger partial charge < -0.3 is 35.8 Å². The molecule has 6 rings (SSSR count). The SMILES string of the molecule is CC[C@H]1O[C@@H](Cc2ccccc2CCc2cc(N(C)C)c3c(c2O)C(=O)C2C(=O)[C@]4(O)C(=O)C(C(N)=O)C(=O)C[C@@H]4C[C@@H]2C3)[C@@H](O)[C@@H](C)[C@H]1O. The maximum atomic E-state index is 14.3. The number of phenols is 1. The van der Waals surface area contributed by atoms with Gasteiger partial charge in [-0.25, -0.2) is 0 Å². The summed E-state index contributed by atoms with van der Waals surface area (Å²) in [5.41, 5.74) is 6.17. The minimum Gasteiger partial charge on any atom is -0.507 e. The Morgan fingerprint density at radius 3 is 2.26 bits per heavy atom. The van der Waals surface area contributed by atoms with Crippen molar-refractivity contribution in [1.29, 1.82) is 0 Å². The predicted molar refractivity (Wildman–Crippen MR) is 181 cm³/mol. The third kappa shape index (κ3) is 5.66. The van der Waals surface area contributed by atoms with Gasteiger partial charge in [0.1, 0.15) is 5.75 Å². The molecule has 1 aliphatic heterocycles. The topological polar surface area (TPSA) is 205 Å². The number of primary amides is 1. The minimum absolute atomic E-state index is 0.0289. The van der Waals surface area contributed by atoms with Gasteiger partial charge in [-0.1, -0.05) is 38.1 Å². The Morgan fingerprint density at radius 1 is 0.980 bits per heavy atom. The van der Waals surface area contributed by atoms with E-state index in [1.54, 1.807) is 0 Å². The van der Waals surface area contributed by atoms with Crippen molar-refractivity contribution in [3.63, 3.8) is 0 Å². The summed E-state index contributed by atoms with van der Waals surface area (Å²) in [6, 6.07) is 9.55. The quantitative estimate of drug-likeness (QED) is 0.250. The lowest BCUT2D eigenvalue weighted by Crippen LogP contribution is -2.68. The highest BCUT2D eigenvalue weighted by molar-refractivity contribution is 6.31. The molecule has 0 aromatic heterocycles. The van der Waals surface area contributed by atoms with Crippen LogP contribution in [-0.4, -0.2) is 93.6 Å². The number of ketones is 4. The van der Waals surface area contributed by atoms with Gasteiger partial charge in [-0.3, -0.25) is 24.0 Å². The summed E-state index contributed by atoms with van der Waals surface area (Å²) in [6.45, 7) is 3.75. The molecule has 2 aromatic rings. The molecular formula is C38H46N2O10. The van der Waals surface area contributed by atoms with E-state index < -0.39 is 76.6 Å². The molecule has 0 spiro atoms. The number of aromatic hydroxyl groups is 1. The molecule has 6 N–H and O–H groups in total. The number of Topliss-reactive ketones (excluding diaryl/α,β-unsaturated/α-hetero) is 4. The number of anilines is 1. The highest BCUT2D eigenvalue weighted by Crippen LogP contribution is 2.51. The van der Waals surface area contributed by atoms with Crippen molar-refractivity contribution in [2.45, 2.75) is 88.8 Å². The lowest BCUT2D eigenvalue weighted by atomic mass is 9.53. The molecular weight excluding hydrogens is 644 g/mol. The number of ether oxygens (including phenoxy) is 1. The van der Waals surface area contributed by atoms with E-state index in [1.807, 2.05) is 63.2 Å². The van der Waals surface area contributed by atoms with Crippen LogP contribution >= 0.6 is 0 Å². The summed E-state index contributed by atoms with van der Waals surface area (Å²) >= 11 is 0. The molecule has 1 heterocycles. The van der Waals surface area contributed by atoms with Crippen LogP contribution in [0.25, 0.3) is 0 Å². The molecule has 12 heteroatoms. The molecule has 4 aliphatic rings. The molecule has 0 bridgehead atoms. The molecule has 1 saturated heterocycles. The number of aliphatic hydroxyl groups is 3. The molecule has 268 valence electrons. The highest BCUT2D eigenvalue weighted by Gasteiger charge is 2.66. The maximum absolute atomic E-state index is 14.3. The lowest BCUT2D eigenvalue weighted by Gasteiger charge is -2.48. The summed E-state index contributed by atoms with van der Waals surface area (Å²) in [5, 5.41) is 44.7. The summed E-state index contributed by atoms with van der Waals surface area (Å²) < 4.78 is 6.12. The molecule has 10 atom stereocenters. The summed E-state index contributed by atoms with van der Waals surface area (Å²) in [5.74, 6) is -10.8. The first-order valence-electron chi connectivity index (χ1n) is 17.4. The van der Waals surface area contributed by atoms with Crippen LogP contribution in [0.2, 0.25) is 0 Å². The van der Waals surface area contributed by atoms with E-state index in [0.29, 0.717) is 42.5 Å². The van der Waals surface area contributed by atoms with Crippen molar-refractivity contribution in [3.05, 3.63) is 58.1 Å². The van der Waals surface area contributed by atoms with Crippen LogP contribution in [0, 0.1) is 29.6 Å². The molecule has 50 heavy (non-hydrogen) atoms. The Morgan fingerprint density at radius 2 is 1.62 bits per heavy atom. The highest BCUT2D eigenvalue weighted by atomic mass is 16.5. The van der Waals surface area contributed by atoms with E-state index in [4.69, 9.17) is 10.5 Å². The Labute approximate surface area is 290 Å². The van der Waals surface area contributed by atoms with Crippen molar-refractivity contribution >= 4 is 34.7 Å². The molecule has 0 radical (unpaired) electrons. The lowest BCUT2D eigenvalue weighted by molar-refractivity contribution is -0.195. The predicted octanol–water partition coefficient (Wildman–Crippen LogP) is 1.26. The minimum atomic E-state index is -2.70. The van der Waals surface area contributed by atoms with E-state index in [2.05, 4.69) is 0 Å². The number of nitrogens with two attached hydrogens (primary N) is 1. The monoisotopic (exact) mass is 690 g/mol. The Bertz CT molecular complexity index is 1750. The number of rotatable bonds is 8. The second kappa shape index (κ2) is 13.3. The van der Waals surface area contributed by atoms with Crippen molar-refractivity contribution in [2.75, 3.05) is 19.0 Å². The number of fused-ring (bicyclic) bond motifs is 3. The number of hydrogen-bond acceptors (Lipinski definition) is 11. The van der Waals surface area contributed by atoms with Crippen LogP contribution in [0.15, 0.2) is 30.3 Å². The van der Waals surface area contributed by atoms with Crippen molar-refractivity contribution in [2.24, 2.45) is 35.3 Å². The number of amides is 1. The van der Waals surface area contributed by atoms with Gasteiger partial charge in [0.15, 0.2) is 34.7 Å². The standard InChI is InChI=1S/C38H46N2O10/c1-5-26-31(42)17(2)32(43)27(50-26)15-19-9-7-6-8-18(19)10-11-20-14-24(40(3)4)23-13-21-12-22-16-25(41)30(37(39)48)36(47)38(22,49)35(46)28(21)34(45)29(23)33(20)44/h6-9,14,17,21-22,26-28,30-32,42-44,49H,5,10-13,15-16H2,1-4H3,(H2,39,48)/t17-,21+,22-,26+,27-,28?,30?,31+,32-,38-/m0/s1. The molecule has 3 fully saturated rings. The van der Waals surface area contributed by atoms with Gasteiger partial charge in [-0.15, -0.1) is 0 Å². The number of benzene rings is 2. The van der Waals surface area contributed by atoms with E-state index in [9.17, 15) is 44.4 Å². The van der Waals surface area contributed by atoms with Crippen molar-refractivity contribution in [1.82, 2.24) is 0 Å². The first-order valence-corrected chi connectivity index (χ1v) is 17.4. The van der Waals surface area contributed by atoms with Crippen LogP contribution in [-0.2, 0) is 49.6 Å². The third-order valence-electron chi connectivity index (χ3n) is 11.7. The van der Waals surface area contributed by atoms with Crippen LogP contribution < -0.4 is 10.6 Å². The molecule has 2 unspecified atom stereocenters. The molecule has 2 aromatic carbocycles. The molecule has 3 aliphatic carbocycles. The fourth-order valence-electron chi connectivity index (χ4n) is 8.92. The van der Waals surface area contributed by atoms with Crippen LogP contribution in [0.4, 0.5) is 5.69 Å². The summed E-state index contributed by atoms with van der Waals surface area (Å²) in [4.78, 5) is 68.0. The zero-order chi connectivity index (χ0) is 36.4. The fraction of sp³-hybridized carbons (Fsp3) is 0.553. The zero-order valence-electron chi connectivity index (χ0n) is 28.8. The number of hydrogen-bond donors (Lipinski definition) is 5. The van der Waals surface area contributed by atoms with Gasteiger partial charge in [0.2, 0.25) is 5.91 Å². The molecule has 12 nitrogen and oxygen atoms in total. The van der Waals surface area contributed by atoms with E-state index in [0.717, 1.165) is 11.1 Å². The second-order valence-electron chi connectivity index (χ2n) is 14.8. The van der Waals surface area contributed by atoms with E-state index in [1.165, 1.54) is 0 Å². The number of aliphatic hydroxyl groups excluding tert-OH is 2. The number of nitrogens with zero attached hydrogens (tertiary/aromatic N) is 1. The summed E-state index contributed by atoms with van der Waals surface area (Å²) in [7, 11) is 3.62. The van der Waals surface area contributed by atoms with Gasteiger partial charge in [-0.2, -0.15) is 0 Å². The first-order chi connectivity index (χ1) is 23.6. The van der Waals surface area contributed by atoms with E-state index >= 15 is 0 Å². The number of carbonyl (C=O) groups is 5. The van der Waals surface area contributed by atoms with Crippen molar-refractivity contribution in [3.8, 4) is 5.75 Å². The van der Waals surface area contributed by atoms with Gasteiger partial charge in [0.25, 0.3) is 0 Å². The zero-order valence-corrected chi connectivity index (χ0v) is 28.8. The van der Waals surface area contributed by atoms with Crippen LogP contribution in [0.1, 0.15) is 65.7 Å². The number of phenolic OH excluding ortho intramolecular Hbond substituents is 1. The normalized spacial score (nSPS) is 33.8.